The molecule has 14 heavy (non-hydrogen) atoms. The summed E-state index contributed by atoms with van der Waals surface area (Å²) in [5.74, 6) is 0. The van der Waals surface area contributed by atoms with Gasteiger partial charge in [0.2, 0.25) is 0 Å². The third-order valence-electron chi connectivity index (χ3n) is 2.26. The van der Waals surface area contributed by atoms with Crippen LogP contribution in [0, 0.1) is 6.92 Å². The number of aryl methyl sites for hydroxylation is 1. The minimum Gasteiger partial charge on any atom is -0.260 e. The molecule has 2 aromatic rings. The number of pyridine rings is 1. The summed E-state index contributed by atoms with van der Waals surface area (Å²) in [4.78, 5) is 4.30. The summed E-state index contributed by atoms with van der Waals surface area (Å²) in [7, 11) is 0. The zero-order valence-corrected chi connectivity index (χ0v) is 10.9. The van der Waals surface area contributed by atoms with Crippen molar-refractivity contribution in [3.63, 3.8) is 0 Å². The van der Waals surface area contributed by atoms with Crippen LogP contribution in [0.4, 0.5) is 0 Å². The van der Waals surface area contributed by atoms with Crippen LogP contribution in [0.25, 0.3) is 10.8 Å². The quantitative estimate of drug-likeness (QED) is 0.719. The van der Waals surface area contributed by atoms with Crippen molar-refractivity contribution >= 4 is 42.6 Å². The molecule has 0 spiro atoms. The fraction of sp³-hybridized carbons (Fsp3) is 0.182. The molecule has 1 aromatic carbocycles. The van der Waals surface area contributed by atoms with Gasteiger partial charge in [-0.15, -0.1) is 0 Å². The van der Waals surface area contributed by atoms with Gasteiger partial charge < -0.3 is 0 Å². The van der Waals surface area contributed by atoms with Crippen molar-refractivity contribution in [2.45, 2.75) is 12.3 Å². The van der Waals surface area contributed by atoms with E-state index in [-0.39, 0.29) is 0 Å². The molecule has 0 radical (unpaired) electrons. The molecule has 72 valence electrons. The molecular weight excluding hydrogens is 306 g/mol. The molecule has 1 aromatic heterocycles. The first-order chi connectivity index (χ1) is 6.72. The summed E-state index contributed by atoms with van der Waals surface area (Å²) in [6, 6.07) is 6.43. The lowest BCUT2D eigenvalue weighted by atomic mass is 10.1. The number of hydrogen-bond donors (Lipinski definition) is 0. The summed E-state index contributed by atoms with van der Waals surface area (Å²) in [5.41, 5.74) is 2.35. The highest BCUT2D eigenvalue weighted by atomic mass is 79.9. The molecular formula is C11H9Br2N. The van der Waals surface area contributed by atoms with Crippen LogP contribution >= 0.6 is 31.9 Å². The van der Waals surface area contributed by atoms with Gasteiger partial charge in [0.1, 0.15) is 0 Å². The number of hydrogen-bond acceptors (Lipinski definition) is 1. The summed E-state index contributed by atoms with van der Waals surface area (Å²) in [6.07, 6.45) is 1.86. The summed E-state index contributed by atoms with van der Waals surface area (Å²) < 4.78 is 1.06. The molecule has 0 fully saturated rings. The Balaban J connectivity index is 2.80. The van der Waals surface area contributed by atoms with E-state index in [2.05, 4.69) is 55.0 Å². The fourth-order valence-electron chi connectivity index (χ4n) is 1.48. The van der Waals surface area contributed by atoms with Crippen molar-refractivity contribution in [2.24, 2.45) is 0 Å². The van der Waals surface area contributed by atoms with Crippen LogP contribution in [-0.4, -0.2) is 4.98 Å². The average molecular weight is 315 g/mol. The molecule has 0 aliphatic rings. The third kappa shape index (κ3) is 1.71. The van der Waals surface area contributed by atoms with Crippen molar-refractivity contribution in [1.29, 1.82) is 0 Å². The first kappa shape index (κ1) is 10.1. The highest BCUT2D eigenvalue weighted by Crippen LogP contribution is 2.26. The summed E-state index contributed by atoms with van der Waals surface area (Å²) >= 11 is 6.97. The van der Waals surface area contributed by atoms with Gasteiger partial charge in [-0.1, -0.05) is 28.1 Å². The van der Waals surface area contributed by atoms with E-state index in [9.17, 15) is 0 Å². The van der Waals surface area contributed by atoms with E-state index in [0.29, 0.717) is 0 Å². The van der Waals surface area contributed by atoms with Gasteiger partial charge in [-0.2, -0.15) is 0 Å². The molecule has 1 heterocycles. The molecule has 1 nitrogen and oxygen atoms in total. The molecule has 0 atom stereocenters. The Kier molecular flexibility index (Phi) is 2.88. The third-order valence-corrected chi connectivity index (χ3v) is 3.54. The second-order valence-electron chi connectivity index (χ2n) is 3.21. The van der Waals surface area contributed by atoms with Gasteiger partial charge >= 0.3 is 0 Å². The lowest BCUT2D eigenvalue weighted by Crippen LogP contribution is -1.86. The van der Waals surface area contributed by atoms with E-state index < -0.39 is 0 Å². The molecule has 0 N–H and O–H groups in total. The number of benzene rings is 1. The molecule has 0 aliphatic carbocycles. The fourth-order valence-corrected chi connectivity index (χ4v) is 2.26. The van der Waals surface area contributed by atoms with Crippen LogP contribution in [0.15, 0.2) is 28.9 Å². The van der Waals surface area contributed by atoms with E-state index >= 15 is 0 Å². The number of alkyl halides is 1. The molecule has 0 saturated carbocycles. The number of rotatable bonds is 1. The van der Waals surface area contributed by atoms with Crippen molar-refractivity contribution in [3.8, 4) is 0 Å². The Bertz CT molecular complexity index is 480. The molecule has 0 amide bonds. The van der Waals surface area contributed by atoms with E-state index in [1.54, 1.807) is 0 Å². The largest absolute Gasteiger partial charge is 0.260 e. The first-order valence-corrected chi connectivity index (χ1v) is 6.23. The highest BCUT2D eigenvalue weighted by molar-refractivity contribution is 9.10. The maximum Gasteiger partial charge on any atom is 0.0451 e. The van der Waals surface area contributed by atoms with Crippen LogP contribution < -0.4 is 0 Å². The van der Waals surface area contributed by atoms with Crippen molar-refractivity contribution in [2.75, 3.05) is 0 Å². The van der Waals surface area contributed by atoms with Gasteiger partial charge in [-0.3, -0.25) is 4.98 Å². The predicted molar refractivity (Wildman–Crippen MR) is 66.8 cm³/mol. The zero-order chi connectivity index (χ0) is 10.1. The molecule has 0 saturated heterocycles. The van der Waals surface area contributed by atoms with Crippen LogP contribution in [-0.2, 0) is 5.33 Å². The highest BCUT2D eigenvalue weighted by Gasteiger charge is 2.03. The number of halogens is 2. The Hall–Kier alpha value is -0.410. The van der Waals surface area contributed by atoms with Gasteiger partial charge in [-0.05, 0) is 39.9 Å². The Morgan fingerprint density at radius 3 is 2.79 bits per heavy atom. The first-order valence-electron chi connectivity index (χ1n) is 4.32. The topological polar surface area (TPSA) is 12.9 Å². The Morgan fingerprint density at radius 2 is 2.07 bits per heavy atom. The second kappa shape index (κ2) is 3.99. The van der Waals surface area contributed by atoms with E-state index in [1.807, 2.05) is 13.1 Å². The predicted octanol–water partition coefficient (Wildman–Crippen LogP) is 4.20. The SMILES string of the molecule is Cc1ncc(Br)c2cc(CBr)ccc12. The second-order valence-corrected chi connectivity index (χ2v) is 4.62. The zero-order valence-electron chi connectivity index (χ0n) is 7.72. The van der Waals surface area contributed by atoms with Crippen LogP contribution in [0.3, 0.4) is 0 Å². The van der Waals surface area contributed by atoms with E-state index in [1.165, 1.54) is 16.3 Å². The van der Waals surface area contributed by atoms with Crippen LogP contribution in [0.1, 0.15) is 11.3 Å². The van der Waals surface area contributed by atoms with Crippen molar-refractivity contribution in [3.05, 3.63) is 40.1 Å². The monoisotopic (exact) mass is 313 g/mol. The van der Waals surface area contributed by atoms with Gasteiger partial charge in [0.05, 0.1) is 0 Å². The minimum absolute atomic E-state index is 0.886. The van der Waals surface area contributed by atoms with Gasteiger partial charge in [0.15, 0.2) is 0 Å². The lowest BCUT2D eigenvalue weighted by molar-refractivity contribution is 1.22. The van der Waals surface area contributed by atoms with Gasteiger partial charge in [-0.25, -0.2) is 0 Å². The molecule has 0 aliphatic heterocycles. The standard InChI is InChI=1S/C11H9Br2N/c1-7-9-3-2-8(5-12)4-10(9)11(13)6-14-7/h2-4,6H,5H2,1H3. The number of nitrogens with zero attached hydrogens (tertiary/aromatic N) is 1. The molecule has 0 bridgehead atoms. The number of aromatic nitrogens is 1. The molecule has 0 unspecified atom stereocenters. The number of fused-ring (bicyclic) bond motifs is 1. The van der Waals surface area contributed by atoms with Crippen molar-refractivity contribution in [1.82, 2.24) is 4.98 Å². The average Bonchev–Trinajstić information content (AvgIpc) is 2.23. The molecule has 3 heteroatoms. The summed E-state index contributed by atoms with van der Waals surface area (Å²) in [5, 5.41) is 3.33. The Labute approximate surface area is 99.8 Å². The van der Waals surface area contributed by atoms with Gasteiger partial charge in [0.25, 0.3) is 0 Å². The van der Waals surface area contributed by atoms with Crippen LogP contribution in [0.5, 0.6) is 0 Å². The lowest BCUT2D eigenvalue weighted by Gasteiger charge is -2.05. The molecule has 2 rings (SSSR count). The maximum atomic E-state index is 4.30. The van der Waals surface area contributed by atoms with E-state index in [0.717, 1.165) is 15.5 Å². The van der Waals surface area contributed by atoms with Gasteiger partial charge in [0, 0.05) is 27.1 Å². The van der Waals surface area contributed by atoms with Crippen LogP contribution in [0.2, 0.25) is 0 Å². The summed E-state index contributed by atoms with van der Waals surface area (Å²) in [6.45, 7) is 2.03. The maximum absolute atomic E-state index is 4.30. The smallest absolute Gasteiger partial charge is 0.0451 e. The normalized spacial score (nSPS) is 10.8. The van der Waals surface area contributed by atoms with Crippen molar-refractivity contribution < 1.29 is 0 Å². The minimum atomic E-state index is 0.886. The Morgan fingerprint density at radius 1 is 1.29 bits per heavy atom. The van der Waals surface area contributed by atoms with E-state index in [4.69, 9.17) is 0 Å².